The summed E-state index contributed by atoms with van der Waals surface area (Å²) in [5, 5.41) is 0. The van der Waals surface area contributed by atoms with E-state index in [9.17, 15) is 0 Å². The van der Waals surface area contributed by atoms with Crippen LogP contribution >= 0.6 is 0 Å². The first-order valence-corrected chi connectivity index (χ1v) is 3.80. The number of rotatable bonds is 4. The van der Waals surface area contributed by atoms with Gasteiger partial charge in [0.15, 0.2) is 0 Å². The van der Waals surface area contributed by atoms with Gasteiger partial charge in [-0.1, -0.05) is 31.7 Å². The van der Waals surface area contributed by atoms with Crippen LogP contribution in [0, 0.1) is 0 Å². The van der Waals surface area contributed by atoms with Crippen molar-refractivity contribution in [1.29, 1.82) is 0 Å². The number of allylic oxidation sites excluding steroid dienone is 3. The lowest BCUT2D eigenvalue weighted by Crippen LogP contribution is -2.07. The monoisotopic (exact) mass is 151 g/mol. The Labute approximate surface area is 69.7 Å². The molecule has 1 heteroatoms. The van der Waals surface area contributed by atoms with Crippen LogP contribution in [0.2, 0.25) is 0 Å². The molecule has 0 N–H and O–H groups in total. The molecule has 62 valence electrons. The second-order valence-electron chi connectivity index (χ2n) is 2.73. The van der Waals surface area contributed by atoms with Crippen molar-refractivity contribution in [1.82, 2.24) is 4.90 Å². The molecule has 0 unspecified atom stereocenters. The Morgan fingerprint density at radius 1 is 1.27 bits per heavy atom. The summed E-state index contributed by atoms with van der Waals surface area (Å²) in [4.78, 5) is 1.97. The van der Waals surface area contributed by atoms with Gasteiger partial charge in [0.1, 0.15) is 0 Å². The topological polar surface area (TPSA) is 3.24 Å². The van der Waals surface area contributed by atoms with E-state index in [0.717, 1.165) is 17.7 Å². The summed E-state index contributed by atoms with van der Waals surface area (Å²) in [7, 11) is 3.95. The fourth-order valence-electron chi connectivity index (χ4n) is 0.481. The second kappa shape index (κ2) is 4.78. The van der Waals surface area contributed by atoms with Gasteiger partial charge in [0, 0.05) is 19.8 Å². The highest BCUT2D eigenvalue weighted by Crippen LogP contribution is 2.02. The van der Waals surface area contributed by atoms with Crippen LogP contribution < -0.4 is 0 Å². The van der Waals surface area contributed by atoms with Crippen molar-refractivity contribution in [3.8, 4) is 0 Å². The summed E-state index contributed by atoms with van der Waals surface area (Å²) >= 11 is 0. The average Bonchev–Trinajstić information content (AvgIpc) is 1.99. The van der Waals surface area contributed by atoms with Crippen molar-refractivity contribution in [2.45, 2.75) is 13.3 Å². The number of hydrogen-bond acceptors (Lipinski definition) is 1. The zero-order chi connectivity index (χ0) is 8.85. The molecular formula is C10H17N. The van der Waals surface area contributed by atoms with E-state index in [1.807, 2.05) is 31.1 Å². The van der Waals surface area contributed by atoms with Gasteiger partial charge in [-0.3, -0.25) is 0 Å². The highest BCUT2D eigenvalue weighted by molar-refractivity contribution is 5.22. The summed E-state index contributed by atoms with van der Waals surface area (Å²) in [5.74, 6) is 0. The van der Waals surface area contributed by atoms with Crippen LogP contribution in [0.4, 0.5) is 0 Å². The van der Waals surface area contributed by atoms with E-state index in [1.54, 1.807) is 0 Å². The Morgan fingerprint density at radius 2 is 1.82 bits per heavy atom. The van der Waals surface area contributed by atoms with E-state index in [0.29, 0.717) is 0 Å². The lowest BCUT2D eigenvalue weighted by atomic mass is 10.2. The van der Waals surface area contributed by atoms with Crippen LogP contribution in [0.25, 0.3) is 0 Å². The van der Waals surface area contributed by atoms with Gasteiger partial charge in [-0.05, 0) is 12.5 Å². The molecular weight excluding hydrogens is 134 g/mol. The molecule has 0 saturated carbocycles. The molecule has 1 nitrogen and oxygen atoms in total. The van der Waals surface area contributed by atoms with Crippen molar-refractivity contribution < 1.29 is 0 Å². The van der Waals surface area contributed by atoms with Crippen molar-refractivity contribution >= 4 is 0 Å². The predicted octanol–water partition coefficient (Wildman–Crippen LogP) is 2.58. The molecule has 0 rings (SSSR count). The smallest absolute Gasteiger partial charge is 0.0288 e. The lowest BCUT2D eigenvalue weighted by molar-refractivity contribution is 0.532. The van der Waals surface area contributed by atoms with Gasteiger partial charge in [-0.15, -0.1) is 0 Å². The molecule has 0 aliphatic heterocycles. The predicted molar refractivity (Wildman–Crippen MR) is 51.4 cm³/mol. The van der Waals surface area contributed by atoms with Gasteiger partial charge in [0.05, 0.1) is 0 Å². The molecule has 0 fully saturated rings. The molecule has 0 saturated heterocycles. The van der Waals surface area contributed by atoms with Gasteiger partial charge in [-0.25, -0.2) is 0 Å². The summed E-state index contributed by atoms with van der Waals surface area (Å²) in [6, 6.07) is 0. The molecule has 0 aromatic carbocycles. The fraction of sp³-hybridized carbons (Fsp3) is 0.400. The molecule has 0 heterocycles. The van der Waals surface area contributed by atoms with E-state index < -0.39 is 0 Å². The molecule has 0 aliphatic carbocycles. The molecule has 0 atom stereocenters. The largest absolute Gasteiger partial charge is 0.378 e. The first-order valence-electron chi connectivity index (χ1n) is 3.80. The van der Waals surface area contributed by atoms with E-state index in [2.05, 4.69) is 20.1 Å². The molecule has 0 radical (unpaired) electrons. The highest BCUT2D eigenvalue weighted by Gasteiger charge is 1.88. The van der Waals surface area contributed by atoms with E-state index in [-0.39, 0.29) is 0 Å². The third kappa shape index (κ3) is 4.43. The highest BCUT2D eigenvalue weighted by atomic mass is 15.1. The maximum Gasteiger partial charge on any atom is 0.0288 e. The standard InChI is InChI=1S/C10H17N/c1-6-9(2)7-8-10(3)11(4)5/h7-8H,2-3,6H2,1,4-5H3/b8-7-. The number of nitrogens with zero attached hydrogens (tertiary/aromatic N) is 1. The van der Waals surface area contributed by atoms with Crippen LogP contribution in [0.3, 0.4) is 0 Å². The summed E-state index contributed by atoms with van der Waals surface area (Å²) < 4.78 is 0. The van der Waals surface area contributed by atoms with Gasteiger partial charge in [0.25, 0.3) is 0 Å². The second-order valence-corrected chi connectivity index (χ2v) is 2.73. The molecule has 11 heavy (non-hydrogen) atoms. The van der Waals surface area contributed by atoms with Crippen molar-refractivity contribution in [2.24, 2.45) is 0 Å². The summed E-state index contributed by atoms with van der Waals surface area (Å²) in [5.41, 5.74) is 2.13. The average molecular weight is 151 g/mol. The zero-order valence-corrected chi connectivity index (χ0v) is 7.72. The SMILES string of the molecule is C=C(/C=C\C(=C)N(C)C)CC. The third-order valence-corrected chi connectivity index (χ3v) is 1.54. The van der Waals surface area contributed by atoms with Crippen LogP contribution in [-0.4, -0.2) is 19.0 Å². The normalized spacial score (nSPS) is 10.1. The van der Waals surface area contributed by atoms with Gasteiger partial charge >= 0.3 is 0 Å². The van der Waals surface area contributed by atoms with E-state index in [4.69, 9.17) is 0 Å². The van der Waals surface area contributed by atoms with Gasteiger partial charge < -0.3 is 4.90 Å². The lowest BCUT2D eigenvalue weighted by Gasteiger charge is -2.10. The molecule has 0 aromatic heterocycles. The fourth-order valence-corrected chi connectivity index (χ4v) is 0.481. The Morgan fingerprint density at radius 3 is 2.18 bits per heavy atom. The number of likely N-dealkylation sites (N-methyl/N-ethyl adjacent to an activating group) is 1. The summed E-state index contributed by atoms with van der Waals surface area (Å²) in [6.45, 7) is 9.80. The molecule has 0 aromatic rings. The summed E-state index contributed by atoms with van der Waals surface area (Å²) in [6.07, 6.45) is 4.98. The molecule has 0 aliphatic rings. The van der Waals surface area contributed by atoms with E-state index >= 15 is 0 Å². The zero-order valence-electron chi connectivity index (χ0n) is 7.72. The molecule has 0 bridgehead atoms. The van der Waals surface area contributed by atoms with Crippen LogP contribution in [0.5, 0.6) is 0 Å². The molecule has 0 spiro atoms. The Hall–Kier alpha value is -0.980. The van der Waals surface area contributed by atoms with Crippen LogP contribution in [0.15, 0.2) is 36.6 Å². The Bertz CT molecular complexity index is 175. The van der Waals surface area contributed by atoms with E-state index in [1.165, 1.54) is 0 Å². The first-order chi connectivity index (χ1) is 5.07. The van der Waals surface area contributed by atoms with Crippen LogP contribution in [0.1, 0.15) is 13.3 Å². The minimum absolute atomic E-state index is 0.997. The van der Waals surface area contributed by atoms with Crippen molar-refractivity contribution in [3.05, 3.63) is 36.6 Å². The number of hydrogen-bond donors (Lipinski definition) is 0. The minimum atomic E-state index is 0.997. The molecule has 0 amide bonds. The van der Waals surface area contributed by atoms with Gasteiger partial charge in [0.2, 0.25) is 0 Å². The maximum absolute atomic E-state index is 3.86. The van der Waals surface area contributed by atoms with Crippen LogP contribution in [-0.2, 0) is 0 Å². The quantitative estimate of drug-likeness (QED) is 0.558. The third-order valence-electron chi connectivity index (χ3n) is 1.54. The Kier molecular flexibility index (Phi) is 4.35. The minimum Gasteiger partial charge on any atom is -0.378 e. The van der Waals surface area contributed by atoms with Crippen molar-refractivity contribution in [3.63, 3.8) is 0 Å². The Balaban J connectivity index is 3.93. The maximum atomic E-state index is 3.86. The van der Waals surface area contributed by atoms with Crippen molar-refractivity contribution in [2.75, 3.05) is 14.1 Å². The van der Waals surface area contributed by atoms with Gasteiger partial charge in [-0.2, -0.15) is 0 Å². The first kappa shape index (κ1) is 10.0.